The number of nitrogen functional groups attached to an aromatic ring is 1. The summed E-state index contributed by atoms with van der Waals surface area (Å²) in [5.41, 5.74) is 7.60. The third-order valence-corrected chi connectivity index (χ3v) is 2.70. The maximum atomic E-state index is 11.5. The van der Waals surface area contributed by atoms with Crippen LogP contribution in [0, 0.1) is 0 Å². The third-order valence-electron chi connectivity index (χ3n) is 2.08. The number of nitrogens with two attached hydrogens (primary N) is 1. The molecule has 5 nitrogen and oxygen atoms in total. The molecule has 1 heterocycles. The molecule has 6 heteroatoms. The summed E-state index contributed by atoms with van der Waals surface area (Å²) in [7, 11) is 1.31. The van der Waals surface area contributed by atoms with E-state index in [4.69, 9.17) is 5.73 Å². The van der Waals surface area contributed by atoms with Gasteiger partial charge in [-0.2, -0.15) is 0 Å². The Labute approximate surface area is 93.8 Å². The van der Waals surface area contributed by atoms with Crippen molar-refractivity contribution < 1.29 is 9.53 Å². The fraction of sp³-hybridized carbons (Fsp3) is 0.111. The molecule has 1 aromatic carbocycles. The van der Waals surface area contributed by atoms with Gasteiger partial charge in [-0.15, -0.1) is 0 Å². The highest BCUT2D eigenvalue weighted by Gasteiger charge is 2.18. The van der Waals surface area contributed by atoms with Crippen molar-refractivity contribution in [2.75, 3.05) is 12.8 Å². The van der Waals surface area contributed by atoms with E-state index in [0.29, 0.717) is 11.2 Å². The molecule has 0 aliphatic heterocycles. The van der Waals surface area contributed by atoms with Gasteiger partial charge in [0, 0.05) is 10.2 Å². The second kappa shape index (κ2) is 3.54. The predicted octanol–water partition coefficient (Wildman–Crippen LogP) is 1.69. The SMILES string of the molecule is COC(=O)c1c(N)cc(Br)c2[nH]cnc12. The average molecular weight is 270 g/mol. The smallest absolute Gasteiger partial charge is 0.342 e. The standard InChI is InChI=1S/C9H8BrN3O2/c1-15-9(14)6-5(11)2-4(10)7-8(6)13-3-12-7/h2-3H,11H2,1H3,(H,12,13). The fourth-order valence-corrected chi connectivity index (χ4v) is 1.95. The first kappa shape index (κ1) is 9.97. The quantitative estimate of drug-likeness (QED) is 0.610. The number of rotatable bonds is 1. The Bertz CT molecular complexity index is 535. The molecular formula is C9H8BrN3O2. The molecule has 0 fully saturated rings. The number of H-pyrrole nitrogens is 1. The number of methoxy groups -OCH3 is 1. The van der Waals surface area contributed by atoms with Gasteiger partial charge in [-0.05, 0) is 22.0 Å². The average Bonchev–Trinajstić information content (AvgIpc) is 2.66. The lowest BCUT2D eigenvalue weighted by atomic mass is 10.1. The van der Waals surface area contributed by atoms with E-state index in [0.717, 1.165) is 9.99 Å². The topological polar surface area (TPSA) is 81.0 Å². The Morgan fingerprint density at radius 2 is 2.40 bits per heavy atom. The van der Waals surface area contributed by atoms with E-state index in [1.54, 1.807) is 6.07 Å². The van der Waals surface area contributed by atoms with Gasteiger partial charge in [-0.3, -0.25) is 0 Å². The number of benzene rings is 1. The Morgan fingerprint density at radius 1 is 1.67 bits per heavy atom. The highest BCUT2D eigenvalue weighted by Crippen LogP contribution is 2.29. The molecule has 15 heavy (non-hydrogen) atoms. The molecular weight excluding hydrogens is 262 g/mol. The van der Waals surface area contributed by atoms with Crippen molar-refractivity contribution in [2.45, 2.75) is 0 Å². The van der Waals surface area contributed by atoms with Crippen LogP contribution in [0.3, 0.4) is 0 Å². The van der Waals surface area contributed by atoms with Crippen LogP contribution in [0.5, 0.6) is 0 Å². The van der Waals surface area contributed by atoms with Crippen LogP contribution in [-0.4, -0.2) is 23.0 Å². The molecule has 0 saturated carbocycles. The number of aromatic amines is 1. The summed E-state index contributed by atoms with van der Waals surface area (Å²) in [4.78, 5) is 18.4. The van der Waals surface area contributed by atoms with Crippen molar-refractivity contribution in [3.63, 3.8) is 0 Å². The van der Waals surface area contributed by atoms with Crippen molar-refractivity contribution in [3.8, 4) is 0 Å². The molecule has 1 aromatic heterocycles. The summed E-state index contributed by atoms with van der Waals surface area (Å²) < 4.78 is 5.41. The maximum Gasteiger partial charge on any atom is 0.342 e. The lowest BCUT2D eigenvalue weighted by Crippen LogP contribution is -2.06. The molecule has 0 aliphatic rings. The van der Waals surface area contributed by atoms with Crippen LogP contribution in [0.15, 0.2) is 16.9 Å². The van der Waals surface area contributed by atoms with Gasteiger partial charge in [0.15, 0.2) is 0 Å². The van der Waals surface area contributed by atoms with Crippen LogP contribution in [0.4, 0.5) is 5.69 Å². The minimum Gasteiger partial charge on any atom is -0.465 e. The van der Waals surface area contributed by atoms with E-state index in [-0.39, 0.29) is 5.56 Å². The predicted molar refractivity (Wildman–Crippen MR) is 59.5 cm³/mol. The zero-order chi connectivity index (χ0) is 11.0. The molecule has 0 atom stereocenters. The van der Waals surface area contributed by atoms with Crippen molar-refractivity contribution in [2.24, 2.45) is 0 Å². The molecule has 2 aromatic rings. The number of ether oxygens (including phenoxy) is 1. The summed E-state index contributed by atoms with van der Waals surface area (Å²) in [6, 6.07) is 1.65. The minimum absolute atomic E-state index is 0.289. The molecule has 0 amide bonds. The number of nitrogens with one attached hydrogen (secondary N) is 1. The van der Waals surface area contributed by atoms with E-state index in [9.17, 15) is 4.79 Å². The molecule has 0 aliphatic carbocycles. The summed E-state index contributed by atoms with van der Waals surface area (Å²) >= 11 is 3.33. The van der Waals surface area contributed by atoms with Gasteiger partial charge >= 0.3 is 5.97 Å². The molecule has 0 radical (unpaired) electrons. The number of carbonyl (C=O) groups is 1. The lowest BCUT2D eigenvalue weighted by Gasteiger charge is -2.05. The number of carbonyl (C=O) groups excluding carboxylic acids is 1. The first-order chi connectivity index (χ1) is 7.15. The zero-order valence-corrected chi connectivity index (χ0v) is 9.46. The van der Waals surface area contributed by atoms with Gasteiger partial charge in [0.2, 0.25) is 0 Å². The minimum atomic E-state index is -0.489. The Kier molecular flexibility index (Phi) is 2.36. The zero-order valence-electron chi connectivity index (χ0n) is 7.87. The largest absolute Gasteiger partial charge is 0.465 e. The van der Waals surface area contributed by atoms with Gasteiger partial charge in [0.05, 0.1) is 19.0 Å². The second-order valence-electron chi connectivity index (χ2n) is 2.94. The van der Waals surface area contributed by atoms with Gasteiger partial charge in [0.1, 0.15) is 11.1 Å². The van der Waals surface area contributed by atoms with Crippen LogP contribution in [-0.2, 0) is 4.74 Å². The van der Waals surface area contributed by atoms with E-state index in [1.807, 2.05) is 0 Å². The molecule has 3 N–H and O–H groups in total. The van der Waals surface area contributed by atoms with Crippen molar-refractivity contribution in [3.05, 3.63) is 22.4 Å². The Hall–Kier alpha value is -1.56. The lowest BCUT2D eigenvalue weighted by molar-refractivity contribution is 0.0604. The number of esters is 1. The molecule has 0 spiro atoms. The van der Waals surface area contributed by atoms with Crippen molar-refractivity contribution in [1.29, 1.82) is 0 Å². The van der Waals surface area contributed by atoms with Gasteiger partial charge < -0.3 is 15.5 Å². The van der Waals surface area contributed by atoms with Gasteiger partial charge in [-0.25, -0.2) is 9.78 Å². The van der Waals surface area contributed by atoms with Crippen LogP contribution < -0.4 is 5.73 Å². The molecule has 0 bridgehead atoms. The number of halogens is 1. The first-order valence-corrected chi connectivity index (χ1v) is 4.93. The number of hydrogen-bond donors (Lipinski definition) is 2. The van der Waals surface area contributed by atoms with Gasteiger partial charge in [-0.1, -0.05) is 0 Å². The number of hydrogen-bond acceptors (Lipinski definition) is 4. The molecule has 2 rings (SSSR count). The number of nitrogens with zero attached hydrogens (tertiary/aromatic N) is 1. The highest BCUT2D eigenvalue weighted by atomic mass is 79.9. The van der Waals surface area contributed by atoms with E-state index < -0.39 is 5.97 Å². The molecule has 78 valence electrons. The number of imidazole rings is 1. The molecule has 0 unspecified atom stereocenters. The van der Waals surface area contributed by atoms with Crippen molar-refractivity contribution >= 4 is 38.6 Å². The summed E-state index contributed by atoms with van der Waals surface area (Å²) in [5, 5.41) is 0. The number of aromatic nitrogens is 2. The third kappa shape index (κ3) is 1.46. The van der Waals surface area contributed by atoms with Crippen LogP contribution in [0.25, 0.3) is 11.0 Å². The normalized spacial score (nSPS) is 10.5. The fourth-order valence-electron chi connectivity index (χ4n) is 1.40. The van der Waals surface area contributed by atoms with E-state index in [2.05, 4.69) is 30.6 Å². The number of anilines is 1. The summed E-state index contributed by atoms with van der Waals surface area (Å²) in [5.74, 6) is -0.489. The van der Waals surface area contributed by atoms with Crippen LogP contribution >= 0.6 is 15.9 Å². The van der Waals surface area contributed by atoms with Crippen LogP contribution in [0.1, 0.15) is 10.4 Å². The van der Waals surface area contributed by atoms with Gasteiger partial charge in [0.25, 0.3) is 0 Å². The van der Waals surface area contributed by atoms with E-state index in [1.165, 1.54) is 13.4 Å². The first-order valence-electron chi connectivity index (χ1n) is 4.14. The number of fused-ring (bicyclic) bond motifs is 1. The van der Waals surface area contributed by atoms with Crippen molar-refractivity contribution in [1.82, 2.24) is 9.97 Å². The summed E-state index contributed by atoms with van der Waals surface area (Å²) in [6.07, 6.45) is 1.50. The Morgan fingerprint density at radius 3 is 3.07 bits per heavy atom. The molecule has 0 saturated heterocycles. The summed E-state index contributed by atoms with van der Waals surface area (Å²) in [6.45, 7) is 0. The Balaban J connectivity index is 2.82. The second-order valence-corrected chi connectivity index (χ2v) is 3.79. The maximum absolute atomic E-state index is 11.5. The highest BCUT2D eigenvalue weighted by molar-refractivity contribution is 9.10. The van der Waals surface area contributed by atoms with Crippen LogP contribution in [0.2, 0.25) is 0 Å². The monoisotopic (exact) mass is 269 g/mol. The van der Waals surface area contributed by atoms with E-state index >= 15 is 0 Å².